The van der Waals surface area contributed by atoms with Crippen LogP contribution in [0.3, 0.4) is 0 Å². The van der Waals surface area contributed by atoms with Gasteiger partial charge >= 0.3 is 0 Å². The molecule has 0 heterocycles. The molecule has 0 aromatic carbocycles. The Morgan fingerprint density at radius 1 is 1.00 bits per heavy atom. The summed E-state index contributed by atoms with van der Waals surface area (Å²) in [5.74, 6) is 0. The third-order valence-corrected chi connectivity index (χ3v) is 1.86. The highest BCUT2D eigenvalue weighted by Crippen LogP contribution is 1.87. The molecule has 0 aliphatic rings. The van der Waals surface area contributed by atoms with Gasteiger partial charge in [-0.3, -0.25) is 0 Å². The van der Waals surface area contributed by atoms with E-state index < -0.39 is 0 Å². The maximum absolute atomic E-state index is 5.35. The molecule has 94 valence electrons. The molecule has 1 unspecified atom stereocenters. The monoisotopic (exact) mass is 219 g/mol. The first-order valence-electron chi connectivity index (χ1n) is 5.62. The Hall–Kier alpha value is -0.200. The van der Waals surface area contributed by atoms with Gasteiger partial charge in [0.05, 0.1) is 0 Å². The van der Waals surface area contributed by atoms with Crippen LogP contribution in [0.5, 0.6) is 0 Å². The van der Waals surface area contributed by atoms with E-state index in [0.29, 0.717) is 6.54 Å². The van der Waals surface area contributed by atoms with Crippen LogP contribution in [0.1, 0.15) is 19.8 Å². The van der Waals surface area contributed by atoms with E-state index >= 15 is 0 Å². The van der Waals surface area contributed by atoms with E-state index in [1.165, 1.54) is 0 Å². The zero-order valence-corrected chi connectivity index (χ0v) is 10.3. The average molecular weight is 219 g/mol. The smallest absolute Gasteiger partial charge is 0.0134 e. The molecule has 0 aromatic rings. The van der Waals surface area contributed by atoms with Crippen molar-refractivity contribution in [3.05, 3.63) is 0 Å². The van der Waals surface area contributed by atoms with Crippen molar-refractivity contribution in [3.63, 3.8) is 0 Å². The highest BCUT2D eigenvalue weighted by atomic mass is 15.1. The van der Waals surface area contributed by atoms with Gasteiger partial charge in [0.15, 0.2) is 0 Å². The van der Waals surface area contributed by atoms with Gasteiger partial charge < -0.3 is 27.8 Å². The van der Waals surface area contributed by atoms with E-state index in [1.54, 1.807) is 0 Å². The first kappa shape index (κ1) is 17.2. The molecule has 8 N–H and O–H groups in total. The summed E-state index contributed by atoms with van der Waals surface area (Å²) in [5, 5.41) is 0. The summed E-state index contributed by atoms with van der Waals surface area (Å²) in [4.78, 5) is 2.26. The Balaban J connectivity index is 0. The minimum Gasteiger partial charge on any atom is -0.330 e. The lowest BCUT2D eigenvalue weighted by Gasteiger charge is -2.14. The summed E-state index contributed by atoms with van der Waals surface area (Å²) in [6, 6.07) is 0.162. The van der Waals surface area contributed by atoms with Crippen LogP contribution < -0.4 is 22.9 Å². The van der Waals surface area contributed by atoms with Crippen LogP contribution in [0, 0.1) is 0 Å². The third-order valence-electron chi connectivity index (χ3n) is 1.86. The Bertz CT molecular complexity index is 100.0. The van der Waals surface area contributed by atoms with Gasteiger partial charge in [-0.05, 0) is 53.0 Å². The van der Waals surface area contributed by atoms with Gasteiger partial charge in [-0.15, -0.1) is 0 Å². The topological polar surface area (TPSA) is 107 Å². The first-order chi connectivity index (χ1) is 7.08. The highest BCUT2D eigenvalue weighted by Gasteiger charge is 1.94. The van der Waals surface area contributed by atoms with Crippen LogP contribution in [0.25, 0.3) is 0 Å². The second-order valence-corrected chi connectivity index (χ2v) is 3.80. The van der Waals surface area contributed by atoms with Crippen molar-refractivity contribution in [2.24, 2.45) is 22.9 Å². The lowest BCUT2D eigenvalue weighted by atomic mass is 10.3. The molecule has 0 fully saturated rings. The van der Waals surface area contributed by atoms with Crippen LogP contribution in [-0.4, -0.2) is 50.7 Å². The lowest BCUT2D eigenvalue weighted by Crippen LogP contribution is -2.25. The van der Waals surface area contributed by atoms with Gasteiger partial charge in [0.2, 0.25) is 0 Å². The molecule has 0 rings (SSSR count). The molecule has 5 nitrogen and oxygen atoms in total. The van der Waals surface area contributed by atoms with Gasteiger partial charge in [0, 0.05) is 12.6 Å². The van der Waals surface area contributed by atoms with Gasteiger partial charge in [-0.2, -0.15) is 0 Å². The number of hydrogen-bond acceptors (Lipinski definition) is 5. The lowest BCUT2D eigenvalue weighted by molar-refractivity contribution is 0.329. The maximum atomic E-state index is 5.35. The van der Waals surface area contributed by atoms with Crippen LogP contribution in [0.4, 0.5) is 0 Å². The second-order valence-electron chi connectivity index (χ2n) is 3.80. The SMILES string of the molecule is CC(N)CN.CN(CCCN)CCCN. The van der Waals surface area contributed by atoms with E-state index in [2.05, 4.69) is 11.9 Å². The number of rotatable bonds is 7. The molecule has 0 bridgehead atoms. The van der Waals surface area contributed by atoms with Crippen molar-refractivity contribution >= 4 is 0 Å². The molecule has 1 atom stereocenters. The molecule has 0 aliphatic carbocycles. The van der Waals surface area contributed by atoms with E-state index in [9.17, 15) is 0 Å². The van der Waals surface area contributed by atoms with Crippen molar-refractivity contribution < 1.29 is 0 Å². The Morgan fingerprint density at radius 2 is 1.33 bits per heavy atom. The summed E-state index contributed by atoms with van der Waals surface area (Å²) in [6.45, 7) is 6.22. The molecule has 15 heavy (non-hydrogen) atoms. The minimum absolute atomic E-state index is 0.162. The summed E-state index contributed by atoms with van der Waals surface area (Å²) in [6.07, 6.45) is 2.17. The summed E-state index contributed by atoms with van der Waals surface area (Å²) in [7, 11) is 2.10. The van der Waals surface area contributed by atoms with E-state index in [4.69, 9.17) is 22.9 Å². The second kappa shape index (κ2) is 13.8. The zero-order valence-electron chi connectivity index (χ0n) is 10.3. The predicted octanol–water partition coefficient (Wildman–Crippen LogP) is -1.09. The highest BCUT2D eigenvalue weighted by molar-refractivity contribution is 4.52. The molecular formula is C10H29N5. The molecule has 0 radical (unpaired) electrons. The summed E-state index contributed by atoms with van der Waals surface area (Å²) >= 11 is 0. The van der Waals surface area contributed by atoms with Crippen molar-refractivity contribution in [1.82, 2.24) is 4.90 Å². The third kappa shape index (κ3) is 20.0. The van der Waals surface area contributed by atoms with Crippen molar-refractivity contribution in [2.45, 2.75) is 25.8 Å². The van der Waals surface area contributed by atoms with Crippen LogP contribution in [0.2, 0.25) is 0 Å². The Morgan fingerprint density at radius 3 is 1.53 bits per heavy atom. The number of hydrogen-bond donors (Lipinski definition) is 4. The fraction of sp³-hybridized carbons (Fsp3) is 1.00. The molecule has 0 amide bonds. The quantitative estimate of drug-likeness (QED) is 0.435. The molecule has 0 aliphatic heterocycles. The van der Waals surface area contributed by atoms with Gasteiger partial charge in [0.25, 0.3) is 0 Å². The molecule has 0 aromatic heterocycles. The normalized spacial score (nSPS) is 12.2. The van der Waals surface area contributed by atoms with Crippen LogP contribution in [-0.2, 0) is 0 Å². The minimum atomic E-state index is 0.162. The standard InChI is InChI=1S/C7H19N3.C3H10N2/c1-10(6-2-4-8)7-3-5-9;1-3(5)2-4/h2-9H2,1H3;3H,2,4-5H2,1H3. The van der Waals surface area contributed by atoms with Crippen molar-refractivity contribution in [1.29, 1.82) is 0 Å². The van der Waals surface area contributed by atoms with Gasteiger partial charge in [-0.1, -0.05) is 0 Å². The van der Waals surface area contributed by atoms with Gasteiger partial charge in [-0.25, -0.2) is 0 Å². The molecular weight excluding hydrogens is 190 g/mol. The summed E-state index contributed by atoms with van der Waals surface area (Å²) in [5.41, 5.74) is 20.9. The largest absolute Gasteiger partial charge is 0.330 e. The molecule has 0 saturated carbocycles. The van der Waals surface area contributed by atoms with E-state index in [0.717, 1.165) is 39.0 Å². The zero-order chi connectivity index (χ0) is 12.1. The number of nitrogens with two attached hydrogens (primary N) is 4. The van der Waals surface area contributed by atoms with Crippen LogP contribution in [0.15, 0.2) is 0 Å². The molecule has 0 saturated heterocycles. The predicted molar refractivity (Wildman–Crippen MR) is 67.5 cm³/mol. The van der Waals surface area contributed by atoms with E-state index in [-0.39, 0.29) is 6.04 Å². The summed E-state index contributed by atoms with van der Waals surface area (Å²) < 4.78 is 0. The fourth-order valence-electron chi connectivity index (χ4n) is 0.834. The molecule has 0 spiro atoms. The van der Waals surface area contributed by atoms with Gasteiger partial charge in [0.1, 0.15) is 0 Å². The molecule has 5 heteroatoms. The van der Waals surface area contributed by atoms with E-state index in [1.807, 2.05) is 6.92 Å². The first-order valence-corrected chi connectivity index (χ1v) is 5.62. The fourth-order valence-corrected chi connectivity index (χ4v) is 0.834. The average Bonchev–Trinajstić information content (AvgIpc) is 2.24. The number of nitrogens with zero attached hydrogens (tertiary/aromatic N) is 1. The van der Waals surface area contributed by atoms with Crippen molar-refractivity contribution in [3.8, 4) is 0 Å². The Kier molecular flexibility index (Phi) is 15.8. The van der Waals surface area contributed by atoms with Crippen molar-refractivity contribution in [2.75, 3.05) is 39.8 Å². The Labute approximate surface area is 94.1 Å². The maximum Gasteiger partial charge on any atom is 0.0134 e. The van der Waals surface area contributed by atoms with Crippen LogP contribution >= 0.6 is 0 Å².